The molecule has 0 fully saturated rings. The SMILES string of the molecule is CCCCCCCCCCCCCCCCOC(=O)CC(C(=O)OCCCCCCCCCCCCCCCC)S(=O)(=O)NCCCN(C)C. The molecular weight excluding hydrogens is 649 g/mol. The minimum atomic E-state index is -4.09. The average Bonchev–Trinajstić information content (AvgIpc) is 3.08. The highest BCUT2D eigenvalue weighted by atomic mass is 32.2. The molecule has 0 amide bonds. The molecule has 0 aliphatic rings. The van der Waals surface area contributed by atoms with E-state index in [0.717, 1.165) is 32.1 Å². The van der Waals surface area contributed by atoms with Crippen LogP contribution in [0.25, 0.3) is 0 Å². The van der Waals surface area contributed by atoms with E-state index in [4.69, 9.17) is 9.47 Å². The molecule has 0 aromatic rings. The minimum Gasteiger partial charge on any atom is -0.466 e. The van der Waals surface area contributed by atoms with Gasteiger partial charge in [-0.25, -0.2) is 13.1 Å². The van der Waals surface area contributed by atoms with Crippen molar-refractivity contribution in [1.29, 1.82) is 0 Å². The van der Waals surface area contributed by atoms with Crippen molar-refractivity contribution in [3.8, 4) is 0 Å². The minimum absolute atomic E-state index is 0.164. The van der Waals surface area contributed by atoms with E-state index in [1.54, 1.807) is 0 Å². The maximum Gasteiger partial charge on any atom is 0.326 e. The van der Waals surface area contributed by atoms with Gasteiger partial charge in [0, 0.05) is 6.54 Å². The standard InChI is InChI=1S/C41H82N2O6S/c1-5-7-9-11-13-15-17-19-21-23-25-27-29-31-36-48-40(44)38-39(50(46,47)42-34-33-35-43(3)4)41(45)49-37-32-30-28-26-24-22-20-18-16-14-12-10-8-6-2/h39,42H,5-38H2,1-4H3. The van der Waals surface area contributed by atoms with Crippen molar-refractivity contribution in [3.63, 3.8) is 0 Å². The molecule has 9 heteroatoms. The molecule has 0 rings (SSSR count). The second-order valence-corrected chi connectivity index (χ2v) is 16.8. The molecule has 0 radical (unpaired) electrons. The molecule has 0 aliphatic carbocycles. The first-order chi connectivity index (χ1) is 24.2. The molecule has 1 unspecified atom stereocenters. The van der Waals surface area contributed by atoms with E-state index in [9.17, 15) is 18.0 Å². The first kappa shape index (κ1) is 48.8. The quantitative estimate of drug-likeness (QED) is 0.0496. The van der Waals surface area contributed by atoms with Crippen LogP contribution in [0.3, 0.4) is 0 Å². The molecule has 298 valence electrons. The van der Waals surface area contributed by atoms with Crippen LogP contribution >= 0.6 is 0 Å². The maximum absolute atomic E-state index is 13.1. The molecule has 50 heavy (non-hydrogen) atoms. The Bertz CT molecular complexity index is 867. The fraction of sp³-hybridized carbons (Fsp3) is 0.951. The number of carbonyl (C=O) groups excluding carboxylic acids is 2. The van der Waals surface area contributed by atoms with Gasteiger partial charge in [0.25, 0.3) is 0 Å². The molecule has 0 aromatic heterocycles. The van der Waals surface area contributed by atoms with E-state index in [1.165, 1.54) is 141 Å². The van der Waals surface area contributed by atoms with Crippen molar-refractivity contribution in [3.05, 3.63) is 0 Å². The van der Waals surface area contributed by atoms with Gasteiger partial charge in [-0.05, 0) is 39.9 Å². The number of unbranched alkanes of at least 4 members (excludes halogenated alkanes) is 26. The summed E-state index contributed by atoms with van der Waals surface area (Å²) in [5.74, 6) is -1.54. The maximum atomic E-state index is 13.1. The van der Waals surface area contributed by atoms with Crippen LogP contribution in [0, 0.1) is 0 Å². The van der Waals surface area contributed by atoms with Crippen molar-refractivity contribution >= 4 is 22.0 Å². The second kappa shape index (κ2) is 36.2. The molecule has 0 bridgehead atoms. The Hall–Kier alpha value is -1.19. The van der Waals surface area contributed by atoms with E-state index < -0.39 is 33.6 Å². The molecular formula is C41H82N2O6S. The van der Waals surface area contributed by atoms with Gasteiger partial charge in [-0.1, -0.05) is 181 Å². The molecule has 0 saturated heterocycles. The second-order valence-electron chi connectivity index (χ2n) is 14.9. The smallest absolute Gasteiger partial charge is 0.326 e. The molecule has 1 N–H and O–H groups in total. The van der Waals surface area contributed by atoms with Crippen LogP contribution in [0.2, 0.25) is 0 Å². The van der Waals surface area contributed by atoms with E-state index in [-0.39, 0.29) is 19.8 Å². The van der Waals surface area contributed by atoms with E-state index in [2.05, 4.69) is 18.6 Å². The molecule has 0 heterocycles. The summed E-state index contributed by atoms with van der Waals surface area (Å²) in [5, 5.41) is -1.60. The molecule has 1 atom stereocenters. The number of nitrogens with one attached hydrogen (secondary N) is 1. The third-order valence-electron chi connectivity index (χ3n) is 9.58. The zero-order valence-corrected chi connectivity index (χ0v) is 34.2. The van der Waals surface area contributed by atoms with Gasteiger partial charge in [0.2, 0.25) is 10.0 Å². The van der Waals surface area contributed by atoms with Gasteiger partial charge in [-0.15, -0.1) is 0 Å². The largest absolute Gasteiger partial charge is 0.466 e. The third-order valence-corrected chi connectivity index (χ3v) is 11.3. The van der Waals surface area contributed by atoms with Crippen LogP contribution in [0.15, 0.2) is 0 Å². The predicted octanol–water partition coefficient (Wildman–Crippen LogP) is 10.7. The summed E-state index contributed by atoms with van der Waals surface area (Å²) in [6.07, 6.45) is 34.6. The van der Waals surface area contributed by atoms with Gasteiger partial charge in [-0.2, -0.15) is 0 Å². The van der Waals surface area contributed by atoms with E-state index >= 15 is 0 Å². The molecule has 0 aliphatic heterocycles. The number of hydrogen-bond donors (Lipinski definition) is 1. The zero-order chi connectivity index (χ0) is 37.0. The van der Waals surface area contributed by atoms with E-state index in [0.29, 0.717) is 19.4 Å². The van der Waals surface area contributed by atoms with Gasteiger partial charge in [0.1, 0.15) is 0 Å². The highest BCUT2D eigenvalue weighted by Crippen LogP contribution is 2.16. The summed E-state index contributed by atoms with van der Waals surface area (Å²) in [4.78, 5) is 27.6. The first-order valence-electron chi connectivity index (χ1n) is 21.2. The van der Waals surface area contributed by atoms with Crippen LogP contribution in [0.1, 0.15) is 206 Å². The number of ether oxygens (including phenoxy) is 2. The highest BCUT2D eigenvalue weighted by Gasteiger charge is 2.36. The Morgan fingerprint density at radius 3 is 1.22 bits per heavy atom. The molecule has 0 aromatic carbocycles. The number of carbonyl (C=O) groups is 2. The lowest BCUT2D eigenvalue weighted by Crippen LogP contribution is -2.43. The lowest BCUT2D eigenvalue weighted by atomic mass is 10.0. The third kappa shape index (κ3) is 32.7. The van der Waals surface area contributed by atoms with Crippen molar-refractivity contribution in [2.24, 2.45) is 0 Å². The number of esters is 2. The summed E-state index contributed by atoms with van der Waals surface area (Å²) >= 11 is 0. The number of nitrogens with zero attached hydrogens (tertiary/aromatic N) is 1. The average molecular weight is 731 g/mol. The number of sulfonamides is 1. The van der Waals surface area contributed by atoms with Gasteiger partial charge in [0.15, 0.2) is 5.25 Å². The predicted molar refractivity (Wildman–Crippen MR) is 211 cm³/mol. The topological polar surface area (TPSA) is 102 Å². The first-order valence-corrected chi connectivity index (χ1v) is 22.7. The Morgan fingerprint density at radius 2 is 0.860 bits per heavy atom. The van der Waals surface area contributed by atoms with Crippen molar-refractivity contribution in [2.45, 2.75) is 212 Å². The molecule has 0 saturated carbocycles. The fourth-order valence-electron chi connectivity index (χ4n) is 6.29. The lowest BCUT2D eigenvalue weighted by Gasteiger charge is -2.17. The summed E-state index contributed by atoms with van der Waals surface area (Å²) in [7, 11) is -0.256. The summed E-state index contributed by atoms with van der Waals surface area (Å²) < 4.78 is 39.5. The zero-order valence-electron chi connectivity index (χ0n) is 33.4. The van der Waals surface area contributed by atoms with Crippen molar-refractivity contribution in [1.82, 2.24) is 9.62 Å². The van der Waals surface area contributed by atoms with Crippen molar-refractivity contribution < 1.29 is 27.5 Å². The summed E-state index contributed by atoms with van der Waals surface area (Å²) in [6, 6.07) is 0. The number of hydrogen-bond acceptors (Lipinski definition) is 7. The van der Waals surface area contributed by atoms with Crippen LogP contribution in [-0.4, -0.2) is 70.9 Å². The molecule has 8 nitrogen and oxygen atoms in total. The Kier molecular flexibility index (Phi) is 35.3. The lowest BCUT2D eigenvalue weighted by molar-refractivity contribution is -0.150. The Balaban J connectivity index is 4.29. The van der Waals surface area contributed by atoms with Gasteiger partial charge in [0.05, 0.1) is 19.6 Å². The number of rotatable bonds is 39. The van der Waals surface area contributed by atoms with Crippen LogP contribution in [-0.2, 0) is 29.1 Å². The molecule has 0 spiro atoms. The summed E-state index contributed by atoms with van der Waals surface area (Å²) in [5.41, 5.74) is 0. The normalized spacial score (nSPS) is 12.4. The Labute approximate surface area is 310 Å². The van der Waals surface area contributed by atoms with Gasteiger partial charge >= 0.3 is 11.9 Å². The highest BCUT2D eigenvalue weighted by molar-refractivity contribution is 7.90. The monoisotopic (exact) mass is 731 g/mol. The Morgan fingerprint density at radius 1 is 0.520 bits per heavy atom. The van der Waals surface area contributed by atoms with Gasteiger partial charge < -0.3 is 14.4 Å². The van der Waals surface area contributed by atoms with Crippen LogP contribution < -0.4 is 4.72 Å². The fourth-order valence-corrected chi connectivity index (χ4v) is 7.59. The van der Waals surface area contributed by atoms with E-state index in [1.807, 2.05) is 19.0 Å². The summed E-state index contributed by atoms with van der Waals surface area (Å²) in [6.45, 7) is 5.82. The van der Waals surface area contributed by atoms with Crippen LogP contribution in [0.4, 0.5) is 0 Å². The van der Waals surface area contributed by atoms with Crippen molar-refractivity contribution in [2.75, 3.05) is 40.4 Å². The van der Waals surface area contributed by atoms with Gasteiger partial charge in [-0.3, -0.25) is 9.59 Å². The van der Waals surface area contributed by atoms with Crippen LogP contribution in [0.5, 0.6) is 0 Å².